The molecule has 0 radical (unpaired) electrons. The second kappa shape index (κ2) is 5.27. The number of benzene rings is 2. The van der Waals surface area contributed by atoms with Crippen LogP contribution in [0.2, 0.25) is 0 Å². The maximum atomic E-state index is 11.8. The minimum absolute atomic E-state index is 0.103. The van der Waals surface area contributed by atoms with Crippen LogP contribution in [-0.2, 0) is 9.53 Å². The van der Waals surface area contributed by atoms with E-state index in [9.17, 15) is 4.79 Å². The zero-order valence-corrected chi connectivity index (χ0v) is 10.7. The van der Waals surface area contributed by atoms with Crippen molar-refractivity contribution in [1.82, 2.24) is 0 Å². The Labute approximate surface area is 113 Å². The smallest absolute Gasteiger partial charge is 0.307 e. The summed E-state index contributed by atoms with van der Waals surface area (Å²) in [6.07, 6.45) is 1.22. The molecular weight excluding hydrogens is 236 g/mol. The van der Waals surface area contributed by atoms with Crippen molar-refractivity contribution in [1.29, 1.82) is 0 Å². The highest BCUT2D eigenvalue weighted by Crippen LogP contribution is 2.37. The maximum Gasteiger partial charge on any atom is 0.307 e. The van der Waals surface area contributed by atoms with Crippen LogP contribution in [0.4, 0.5) is 0 Å². The lowest BCUT2D eigenvalue weighted by Crippen LogP contribution is -2.23. The number of cyclic esters (lactones) is 1. The molecule has 2 nitrogen and oxygen atoms in total. The molecule has 0 spiro atoms. The van der Waals surface area contributed by atoms with Crippen LogP contribution >= 0.6 is 0 Å². The SMILES string of the molecule is O=C1C[C@@H](c2ccccc2)C[C@@H](c2ccccc2)O1. The van der Waals surface area contributed by atoms with Crippen LogP contribution in [0.5, 0.6) is 0 Å². The fourth-order valence-electron chi connectivity index (χ4n) is 2.65. The number of carbonyl (C=O) groups excluding carboxylic acids is 1. The van der Waals surface area contributed by atoms with Crippen molar-refractivity contribution in [3.63, 3.8) is 0 Å². The van der Waals surface area contributed by atoms with Gasteiger partial charge in [0, 0.05) is 0 Å². The summed E-state index contributed by atoms with van der Waals surface area (Å²) < 4.78 is 5.49. The highest BCUT2D eigenvalue weighted by atomic mass is 16.5. The molecule has 1 fully saturated rings. The van der Waals surface area contributed by atoms with E-state index >= 15 is 0 Å². The van der Waals surface area contributed by atoms with Gasteiger partial charge in [-0.3, -0.25) is 4.79 Å². The molecule has 2 aromatic carbocycles. The molecule has 0 bridgehead atoms. The average Bonchev–Trinajstić information content (AvgIpc) is 2.48. The van der Waals surface area contributed by atoms with Crippen LogP contribution in [0.15, 0.2) is 60.7 Å². The van der Waals surface area contributed by atoms with Crippen molar-refractivity contribution in [3.05, 3.63) is 71.8 Å². The van der Waals surface area contributed by atoms with Crippen LogP contribution in [0.3, 0.4) is 0 Å². The quantitative estimate of drug-likeness (QED) is 0.759. The van der Waals surface area contributed by atoms with Gasteiger partial charge in [0.2, 0.25) is 0 Å². The number of carbonyl (C=O) groups is 1. The molecule has 1 aliphatic heterocycles. The molecule has 0 saturated carbocycles. The van der Waals surface area contributed by atoms with Crippen LogP contribution in [0.25, 0.3) is 0 Å². The molecule has 2 heteroatoms. The maximum absolute atomic E-state index is 11.8. The summed E-state index contributed by atoms with van der Waals surface area (Å²) >= 11 is 0. The van der Waals surface area contributed by atoms with Crippen molar-refractivity contribution in [2.24, 2.45) is 0 Å². The Hall–Kier alpha value is -2.09. The lowest BCUT2D eigenvalue weighted by atomic mass is 9.86. The van der Waals surface area contributed by atoms with Crippen molar-refractivity contribution >= 4 is 5.97 Å². The molecule has 3 rings (SSSR count). The van der Waals surface area contributed by atoms with Crippen LogP contribution in [0, 0.1) is 0 Å². The number of rotatable bonds is 2. The van der Waals surface area contributed by atoms with Crippen LogP contribution in [-0.4, -0.2) is 5.97 Å². The fourth-order valence-corrected chi connectivity index (χ4v) is 2.65. The summed E-state index contributed by atoms with van der Waals surface area (Å²) in [7, 11) is 0. The van der Waals surface area contributed by atoms with E-state index in [2.05, 4.69) is 12.1 Å². The summed E-state index contributed by atoms with van der Waals surface area (Å²) in [6.45, 7) is 0. The Morgan fingerprint density at radius 1 is 0.842 bits per heavy atom. The monoisotopic (exact) mass is 252 g/mol. The molecule has 0 aliphatic carbocycles. The van der Waals surface area contributed by atoms with Crippen LogP contribution < -0.4 is 0 Å². The number of ether oxygens (including phenoxy) is 1. The number of hydrogen-bond donors (Lipinski definition) is 0. The van der Waals surface area contributed by atoms with Crippen molar-refractivity contribution in [2.75, 3.05) is 0 Å². The Morgan fingerprint density at radius 2 is 1.42 bits per heavy atom. The number of esters is 1. The summed E-state index contributed by atoms with van der Waals surface area (Å²) in [5.74, 6) is 0.154. The van der Waals surface area contributed by atoms with E-state index in [-0.39, 0.29) is 18.0 Å². The molecule has 0 amide bonds. The first-order valence-electron chi connectivity index (χ1n) is 6.62. The molecule has 0 N–H and O–H groups in total. The largest absolute Gasteiger partial charge is 0.457 e. The van der Waals surface area contributed by atoms with E-state index in [0.717, 1.165) is 12.0 Å². The van der Waals surface area contributed by atoms with E-state index in [1.165, 1.54) is 5.56 Å². The third kappa shape index (κ3) is 2.68. The van der Waals surface area contributed by atoms with Gasteiger partial charge in [-0.05, 0) is 23.5 Å². The first-order valence-corrected chi connectivity index (χ1v) is 6.62. The van der Waals surface area contributed by atoms with Crippen molar-refractivity contribution in [2.45, 2.75) is 24.9 Å². The van der Waals surface area contributed by atoms with E-state index in [1.807, 2.05) is 48.5 Å². The third-order valence-corrected chi connectivity index (χ3v) is 3.63. The van der Waals surface area contributed by atoms with Gasteiger partial charge >= 0.3 is 5.97 Å². The minimum Gasteiger partial charge on any atom is -0.457 e. The highest BCUT2D eigenvalue weighted by molar-refractivity contribution is 5.72. The van der Waals surface area contributed by atoms with Gasteiger partial charge in [0.15, 0.2) is 0 Å². The van der Waals surface area contributed by atoms with Gasteiger partial charge in [0.1, 0.15) is 6.10 Å². The van der Waals surface area contributed by atoms with Gasteiger partial charge in [-0.2, -0.15) is 0 Å². The van der Waals surface area contributed by atoms with Gasteiger partial charge in [0.05, 0.1) is 6.42 Å². The Bertz CT molecular complexity index is 498. The highest BCUT2D eigenvalue weighted by Gasteiger charge is 2.30. The van der Waals surface area contributed by atoms with Gasteiger partial charge in [-0.15, -0.1) is 0 Å². The third-order valence-electron chi connectivity index (χ3n) is 3.63. The molecule has 2 aromatic rings. The topological polar surface area (TPSA) is 26.3 Å². The lowest BCUT2D eigenvalue weighted by Gasteiger charge is -2.29. The molecule has 1 heterocycles. The predicted octanol–water partition coefficient (Wildman–Crippen LogP) is 3.85. The first kappa shape index (κ1) is 12.0. The number of hydrogen-bond acceptors (Lipinski definition) is 2. The summed E-state index contributed by atoms with van der Waals surface area (Å²) in [5, 5.41) is 0. The van der Waals surface area contributed by atoms with Crippen LogP contribution in [0.1, 0.15) is 36.0 Å². The summed E-state index contributed by atoms with van der Waals surface area (Å²) in [6, 6.07) is 20.2. The summed E-state index contributed by atoms with van der Waals surface area (Å²) in [4.78, 5) is 11.8. The van der Waals surface area contributed by atoms with Gasteiger partial charge < -0.3 is 4.74 Å². The lowest BCUT2D eigenvalue weighted by molar-refractivity contribution is -0.155. The van der Waals surface area contributed by atoms with Gasteiger partial charge in [-0.1, -0.05) is 60.7 Å². The first-order chi connectivity index (χ1) is 9.33. The standard InChI is InChI=1S/C17H16O2/c18-17-12-15(13-7-3-1-4-8-13)11-16(19-17)14-9-5-2-6-10-14/h1-10,15-16H,11-12H2/t15-,16-/m0/s1. The van der Waals surface area contributed by atoms with E-state index in [1.54, 1.807) is 0 Å². The second-order valence-electron chi connectivity index (χ2n) is 4.94. The van der Waals surface area contributed by atoms with Crippen molar-refractivity contribution in [3.8, 4) is 0 Å². The molecule has 1 aliphatic rings. The van der Waals surface area contributed by atoms with Gasteiger partial charge in [0.25, 0.3) is 0 Å². The molecule has 96 valence electrons. The molecule has 2 atom stereocenters. The molecule has 0 aromatic heterocycles. The zero-order valence-electron chi connectivity index (χ0n) is 10.7. The van der Waals surface area contributed by atoms with Gasteiger partial charge in [-0.25, -0.2) is 0 Å². The average molecular weight is 252 g/mol. The minimum atomic E-state index is -0.118. The van der Waals surface area contributed by atoms with E-state index in [0.29, 0.717) is 6.42 Å². The molecule has 1 saturated heterocycles. The fraction of sp³-hybridized carbons (Fsp3) is 0.235. The molecule has 0 unspecified atom stereocenters. The summed E-state index contributed by atoms with van der Waals surface area (Å²) in [5.41, 5.74) is 2.30. The van der Waals surface area contributed by atoms with E-state index < -0.39 is 0 Å². The Morgan fingerprint density at radius 3 is 2.05 bits per heavy atom. The Kier molecular flexibility index (Phi) is 3.32. The second-order valence-corrected chi connectivity index (χ2v) is 4.94. The Balaban J connectivity index is 1.84. The predicted molar refractivity (Wildman–Crippen MR) is 73.7 cm³/mol. The van der Waals surface area contributed by atoms with Crippen molar-refractivity contribution < 1.29 is 9.53 Å². The normalized spacial score (nSPS) is 22.8. The zero-order chi connectivity index (χ0) is 13.1. The van der Waals surface area contributed by atoms with E-state index in [4.69, 9.17) is 4.74 Å². The molecular formula is C17H16O2. The molecule has 19 heavy (non-hydrogen) atoms.